The lowest BCUT2D eigenvalue weighted by molar-refractivity contribution is 0.0280. The van der Waals surface area contributed by atoms with Crippen molar-refractivity contribution >= 4 is 0 Å². The molecule has 120 valence electrons. The summed E-state index contributed by atoms with van der Waals surface area (Å²) in [4.78, 5) is 0. The van der Waals surface area contributed by atoms with E-state index in [-0.39, 0.29) is 6.10 Å². The lowest BCUT2D eigenvalue weighted by atomic mass is 9.54. The van der Waals surface area contributed by atoms with E-state index in [9.17, 15) is 10.2 Å². The van der Waals surface area contributed by atoms with Gasteiger partial charge < -0.3 is 10.2 Å². The van der Waals surface area contributed by atoms with Gasteiger partial charge in [-0.05, 0) is 84.5 Å². The minimum absolute atomic E-state index is 0.0973. The van der Waals surface area contributed by atoms with Crippen LogP contribution in [0, 0.1) is 23.2 Å². The maximum Gasteiger partial charge on any atom is 0.115 e. The SMILES string of the molecule is CC[C@@H]1[C@H]2[C@@H]3CCc4cc(O)ccc4[C@H]3CC[C@]2(C)C[C@H]1O. The molecular weight excluding hydrogens is 272 g/mol. The Kier molecular flexibility index (Phi) is 3.30. The Balaban J connectivity index is 1.73. The van der Waals surface area contributed by atoms with Crippen LogP contribution in [-0.2, 0) is 6.42 Å². The molecule has 0 aliphatic heterocycles. The molecule has 2 nitrogen and oxygen atoms in total. The summed E-state index contributed by atoms with van der Waals surface area (Å²) >= 11 is 0. The summed E-state index contributed by atoms with van der Waals surface area (Å²) in [6.45, 7) is 4.68. The second-order valence-electron chi connectivity index (χ2n) is 8.25. The second-order valence-corrected chi connectivity index (χ2v) is 8.25. The number of benzene rings is 1. The predicted molar refractivity (Wildman–Crippen MR) is 87.9 cm³/mol. The molecule has 0 bridgehead atoms. The number of aryl methyl sites for hydroxylation is 1. The molecule has 2 heteroatoms. The van der Waals surface area contributed by atoms with Gasteiger partial charge in [-0.1, -0.05) is 26.3 Å². The highest BCUT2D eigenvalue weighted by molar-refractivity contribution is 5.40. The molecule has 4 rings (SSSR count). The van der Waals surface area contributed by atoms with Crippen LogP contribution < -0.4 is 0 Å². The highest BCUT2D eigenvalue weighted by Crippen LogP contribution is 2.63. The van der Waals surface area contributed by atoms with Crippen molar-refractivity contribution in [3.05, 3.63) is 29.3 Å². The first kappa shape index (κ1) is 14.6. The van der Waals surface area contributed by atoms with Gasteiger partial charge in [0.05, 0.1) is 6.10 Å². The third-order valence-corrected chi connectivity index (χ3v) is 7.18. The summed E-state index contributed by atoms with van der Waals surface area (Å²) < 4.78 is 0. The average molecular weight is 300 g/mol. The number of phenolic OH excluding ortho intramolecular Hbond substituents is 1. The molecule has 2 fully saturated rings. The van der Waals surface area contributed by atoms with E-state index in [1.807, 2.05) is 12.1 Å². The fourth-order valence-electron chi connectivity index (χ4n) is 6.36. The lowest BCUT2D eigenvalue weighted by Gasteiger charge is -2.50. The molecule has 2 N–H and O–H groups in total. The van der Waals surface area contributed by atoms with Gasteiger partial charge in [0.2, 0.25) is 0 Å². The molecule has 0 unspecified atom stereocenters. The molecule has 3 aliphatic rings. The van der Waals surface area contributed by atoms with Gasteiger partial charge in [-0.25, -0.2) is 0 Å². The molecule has 1 aromatic carbocycles. The van der Waals surface area contributed by atoms with Crippen molar-refractivity contribution in [3.8, 4) is 5.75 Å². The van der Waals surface area contributed by atoms with E-state index in [2.05, 4.69) is 19.9 Å². The Morgan fingerprint density at radius 1 is 1.27 bits per heavy atom. The molecule has 0 spiro atoms. The van der Waals surface area contributed by atoms with E-state index in [4.69, 9.17) is 0 Å². The van der Waals surface area contributed by atoms with Gasteiger partial charge in [0.25, 0.3) is 0 Å². The van der Waals surface area contributed by atoms with Crippen LogP contribution >= 0.6 is 0 Å². The number of hydrogen-bond acceptors (Lipinski definition) is 2. The first-order valence-corrected chi connectivity index (χ1v) is 9.03. The van der Waals surface area contributed by atoms with Crippen LogP contribution in [0.1, 0.15) is 63.0 Å². The standard InChI is InChI=1S/C20H28O2/c1-3-14-18(22)11-20(2)9-8-16-15-7-5-13(21)10-12(15)4-6-17(16)19(14)20/h5,7,10,14,16-19,21-22H,3-4,6,8-9,11H2,1-2H3/t14-,16+,17+,18+,19-,20+/m0/s1. The van der Waals surface area contributed by atoms with E-state index in [1.54, 1.807) is 0 Å². The predicted octanol–water partition coefficient (Wildman–Crippen LogP) is 4.25. The number of phenols is 1. The number of fused-ring (bicyclic) bond motifs is 5. The topological polar surface area (TPSA) is 40.5 Å². The Labute approximate surface area is 133 Å². The maximum absolute atomic E-state index is 10.6. The molecule has 22 heavy (non-hydrogen) atoms. The van der Waals surface area contributed by atoms with Crippen LogP contribution in [0.4, 0.5) is 0 Å². The van der Waals surface area contributed by atoms with Crippen molar-refractivity contribution in [2.24, 2.45) is 23.2 Å². The highest BCUT2D eigenvalue weighted by atomic mass is 16.3. The quantitative estimate of drug-likeness (QED) is 0.814. The third kappa shape index (κ3) is 1.96. The average Bonchev–Trinajstić information content (AvgIpc) is 2.76. The van der Waals surface area contributed by atoms with E-state index >= 15 is 0 Å². The first-order chi connectivity index (χ1) is 10.5. The Morgan fingerprint density at radius 3 is 2.86 bits per heavy atom. The molecule has 0 aromatic heterocycles. The van der Waals surface area contributed by atoms with Crippen molar-refractivity contribution in [1.29, 1.82) is 0 Å². The van der Waals surface area contributed by atoms with Gasteiger partial charge in [0, 0.05) is 0 Å². The summed E-state index contributed by atoms with van der Waals surface area (Å²) in [5.41, 5.74) is 3.18. The van der Waals surface area contributed by atoms with Gasteiger partial charge in [-0.2, -0.15) is 0 Å². The molecule has 0 amide bonds. The van der Waals surface area contributed by atoms with Crippen molar-refractivity contribution in [2.75, 3.05) is 0 Å². The summed E-state index contributed by atoms with van der Waals surface area (Å²) in [6.07, 6.45) is 6.81. The van der Waals surface area contributed by atoms with Crippen LogP contribution in [-0.4, -0.2) is 16.3 Å². The minimum Gasteiger partial charge on any atom is -0.508 e. The maximum atomic E-state index is 10.6. The molecule has 6 atom stereocenters. The van der Waals surface area contributed by atoms with Gasteiger partial charge in [-0.15, -0.1) is 0 Å². The molecule has 1 aromatic rings. The van der Waals surface area contributed by atoms with Crippen molar-refractivity contribution in [2.45, 2.75) is 64.4 Å². The van der Waals surface area contributed by atoms with E-state index < -0.39 is 0 Å². The zero-order valence-corrected chi connectivity index (χ0v) is 13.8. The number of aromatic hydroxyl groups is 1. The summed E-state index contributed by atoms with van der Waals surface area (Å²) in [6, 6.07) is 5.99. The monoisotopic (exact) mass is 300 g/mol. The van der Waals surface area contributed by atoms with Crippen LogP contribution in [0.3, 0.4) is 0 Å². The summed E-state index contributed by atoms with van der Waals surface area (Å²) in [5.74, 6) is 2.92. The Hall–Kier alpha value is -1.02. The molecule has 0 radical (unpaired) electrons. The van der Waals surface area contributed by atoms with Crippen molar-refractivity contribution < 1.29 is 10.2 Å². The second kappa shape index (κ2) is 4.99. The number of rotatable bonds is 1. The Morgan fingerprint density at radius 2 is 2.09 bits per heavy atom. The summed E-state index contributed by atoms with van der Waals surface area (Å²) in [5, 5.41) is 20.3. The van der Waals surface area contributed by atoms with Crippen LogP contribution in [0.25, 0.3) is 0 Å². The van der Waals surface area contributed by atoms with Crippen LogP contribution in [0.2, 0.25) is 0 Å². The van der Waals surface area contributed by atoms with E-state index in [0.29, 0.717) is 28.9 Å². The highest BCUT2D eigenvalue weighted by Gasteiger charge is 2.56. The normalized spacial score (nSPS) is 43.3. The lowest BCUT2D eigenvalue weighted by Crippen LogP contribution is -2.42. The van der Waals surface area contributed by atoms with Crippen molar-refractivity contribution in [1.82, 2.24) is 0 Å². The van der Waals surface area contributed by atoms with Gasteiger partial charge in [0.15, 0.2) is 0 Å². The van der Waals surface area contributed by atoms with Gasteiger partial charge in [-0.3, -0.25) is 0 Å². The molecule has 0 saturated heterocycles. The molecule has 3 aliphatic carbocycles. The minimum atomic E-state index is -0.0973. The fraction of sp³-hybridized carbons (Fsp3) is 0.700. The van der Waals surface area contributed by atoms with Crippen LogP contribution in [0.5, 0.6) is 5.75 Å². The number of hydrogen-bond donors (Lipinski definition) is 2. The molecule has 2 saturated carbocycles. The van der Waals surface area contributed by atoms with Gasteiger partial charge >= 0.3 is 0 Å². The number of aliphatic hydroxyl groups is 1. The first-order valence-electron chi connectivity index (χ1n) is 9.03. The molecular formula is C20H28O2. The Bertz CT molecular complexity index is 581. The zero-order valence-electron chi connectivity index (χ0n) is 13.8. The summed E-state index contributed by atoms with van der Waals surface area (Å²) in [7, 11) is 0. The van der Waals surface area contributed by atoms with E-state index in [0.717, 1.165) is 25.2 Å². The van der Waals surface area contributed by atoms with E-state index in [1.165, 1.54) is 30.4 Å². The van der Waals surface area contributed by atoms with Crippen molar-refractivity contribution in [3.63, 3.8) is 0 Å². The third-order valence-electron chi connectivity index (χ3n) is 7.18. The largest absolute Gasteiger partial charge is 0.508 e. The number of aliphatic hydroxyl groups excluding tert-OH is 1. The fourth-order valence-corrected chi connectivity index (χ4v) is 6.36. The van der Waals surface area contributed by atoms with Gasteiger partial charge in [0.1, 0.15) is 5.75 Å². The van der Waals surface area contributed by atoms with Crippen LogP contribution in [0.15, 0.2) is 18.2 Å². The smallest absolute Gasteiger partial charge is 0.115 e. The molecule has 0 heterocycles. The zero-order chi connectivity index (χ0) is 15.5.